The highest BCUT2D eigenvalue weighted by atomic mass is 35.5. The number of rotatable bonds is 5. The second kappa shape index (κ2) is 8.06. The molecule has 8 heteroatoms. The van der Waals surface area contributed by atoms with E-state index in [9.17, 15) is 5.11 Å². The first-order chi connectivity index (χ1) is 14.4. The summed E-state index contributed by atoms with van der Waals surface area (Å²) < 4.78 is 11.0. The highest BCUT2D eigenvalue weighted by molar-refractivity contribution is 6.31. The molecule has 0 aliphatic heterocycles. The molecule has 4 rings (SSSR count). The normalized spacial score (nSPS) is 12.0. The zero-order valence-electron chi connectivity index (χ0n) is 16.0. The van der Waals surface area contributed by atoms with Crippen LogP contribution in [0.15, 0.2) is 65.4 Å². The van der Waals surface area contributed by atoms with Crippen molar-refractivity contribution in [1.82, 2.24) is 10.1 Å². The highest BCUT2D eigenvalue weighted by Crippen LogP contribution is 2.36. The maximum absolute atomic E-state index is 10.3. The number of nitrogens with zero attached hydrogens (tertiary/aromatic N) is 2. The zero-order chi connectivity index (χ0) is 21.3. The Morgan fingerprint density at radius 1 is 1.07 bits per heavy atom. The summed E-state index contributed by atoms with van der Waals surface area (Å²) in [6.07, 6.45) is 2.22. The van der Waals surface area contributed by atoms with E-state index in [-0.39, 0.29) is 22.9 Å². The van der Waals surface area contributed by atoms with Gasteiger partial charge in [0.15, 0.2) is 23.6 Å². The first-order valence-electron chi connectivity index (χ1n) is 9.11. The van der Waals surface area contributed by atoms with Crippen LogP contribution in [0.3, 0.4) is 0 Å². The highest BCUT2D eigenvalue weighted by Gasteiger charge is 2.20. The molecule has 7 nitrogen and oxygen atoms in total. The number of phenolic OH excluding ortho intramolecular Hbond substituents is 1. The van der Waals surface area contributed by atoms with Crippen LogP contribution in [0.2, 0.25) is 5.02 Å². The second-order valence-electron chi connectivity index (χ2n) is 6.73. The van der Waals surface area contributed by atoms with Crippen LogP contribution >= 0.6 is 11.6 Å². The van der Waals surface area contributed by atoms with Crippen LogP contribution in [0.5, 0.6) is 11.5 Å². The molecule has 0 aliphatic rings. The fraction of sp³-hybridized carbons (Fsp3) is 0.0909. The Kier molecular flexibility index (Phi) is 5.31. The number of pyridine rings is 1. The summed E-state index contributed by atoms with van der Waals surface area (Å²) in [5, 5.41) is 14.3. The standard InChI is InChI=1S/C22H19ClN4O3/c1-12-2-7-16(23)19(20(12)28)22(25)29-18-10-15(11-26-21(18)24)13-3-5-14(6-4-13)17-8-9-27-30-17/h2-11,22,28H,25H2,1H3,(H2,24,26). The molecule has 30 heavy (non-hydrogen) atoms. The number of aryl methyl sites for hydroxylation is 1. The largest absolute Gasteiger partial charge is 0.507 e. The maximum atomic E-state index is 10.3. The molecule has 1 unspecified atom stereocenters. The average molecular weight is 423 g/mol. The molecule has 152 valence electrons. The number of aromatic nitrogens is 2. The molecule has 0 spiro atoms. The van der Waals surface area contributed by atoms with Crippen LogP contribution in [0.4, 0.5) is 5.82 Å². The van der Waals surface area contributed by atoms with Gasteiger partial charge in [0.2, 0.25) is 0 Å². The Labute approximate surface area is 177 Å². The lowest BCUT2D eigenvalue weighted by atomic mass is 10.0. The van der Waals surface area contributed by atoms with Gasteiger partial charge in [-0.05, 0) is 30.2 Å². The van der Waals surface area contributed by atoms with Crippen molar-refractivity contribution in [3.05, 3.63) is 77.1 Å². The summed E-state index contributed by atoms with van der Waals surface area (Å²) in [5.74, 6) is 1.13. The number of ether oxygens (including phenoxy) is 1. The minimum absolute atomic E-state index is 0.0133. The number of benzene rings is 2. The number of aromatic hydroxyl groups is 1. The van der Waals surface area contributed by atoms with Gasteiger partial charge in [-0.3, -0.25) is 5.73 Å². The van der Waals surface area contributed by atoms with Gasteiger partial charge in [0.1, 0.15) is 5.75 Å². The molecule has 0 bridgehead atoms. The molecule has 0 aliphatic carbocycles. The predicted octanol–water partition coefficient (Wildman–Crippen LogP) is 4.69. The summed E-state index contributed by atoms with van der Waals surface area (Å²) in [6, 6.07) is 14.6. The van der Waals surface area contributed by atoms with Crippen LogP contribution < -0.4 is 16.2 Å². The molecule has 2 aromatic carbocycles. The number of hydrogen-bond donors (Lipinski definition) is 3. The quantitative estimate of drug-likeness (QED) is 0.399. The fourth-order valence-electron chi connectivity index (χ4n) is 3.06. The van der Waals surface area contributed by atoms with Crippen LogP contribution in [-0.2, 0) is 0 Å². The van der Waals surface area contributed by atoms with Crippen LogP contribution in [0, 0.1) is 6.92 Å². The molecule has 0 radical (unpaired) electrons. The van der Waals surface area contributed by atoms with E-state index in [0.717, 1.165) is 16.7 Å². The number of nitrogen functional groups attached to an aromatic ring is 1. The van der Waals surface area contributed by atoms with Gasteiger partial charge < -0.3 is 20.1 Å². The van der Waals surface area contributed by atoms with E-state index >= 15 is 0 Å². The Hall–Kier alpha value is -3.55. The van der Waals surface area contributed by atoms with Crippen molar-refractivity contribution in [3.8, 4) is 33.9 Å². The molecule has 2 heterocycles. The first kappa shape index (κ1) is 19.8. The van der Waals surface area contributed by atoms with E-state index in [4.69, 9.17) is 32.3 Å². The molecule has 1 atom stereocenters. The fourth-order valence-corrected chi connectivity index (χ4v) is 3.32. The molecular weight excluding hydrogens is 404 g/mol. The van der Waals surface area contributed by atoms with Crippen molar-refractivity contribution in [1.29, 1.82) is 0 Å². The molecule has 0 fully saturated rings. The van der Waals surface area contributed by atoms with Crippen molar-refractivity contribution in [2.45, 2.75) is 13.2 Å². The number of phenols is 1. The third-order valence-electron chi connectivity index (χ3n) is 4.73. The molecular formula is C22H19ClN4O3. The smallest absolute Gasteiger partial charge is 0.179 e. The lowest BCUT2D eigenvalue weighted by Gasteiger charge is -2.19. The van der Waals surface area contributed by atoms with Gasteiger partial charge in [0.25, 0.3) is 0 Å². The van der Waals surface area contributed by atoms with Crippen molar-refractivity contribution >= 4 is 17.4 Å². The van der Waals surface area contributed by atoms with Crippen molar-refractivity contribution < 1.29 is 14.4 Å². The van der Waals surface area contributed by atoms with Gasteiger partial charge in [0.05, 0.1) is 16.8 Å². The Balaban J connectivity index is 1.62. The average Bonchev–Trinajstić information content (AvgIpc) is 3.28. The van der Waals surface area contributed by atoms with Crippen molar-refractivity contribution in [2.75, 3.05) is 5.73 Å². The lowest BCUT2D eigenvalue weighted by Crippen LogP contribution is -2.19. The molecule has 0 saturated carbocycles. The third kappa shape index (κ3) is 3.80. The first-order valence-corrected chi connectivity index (χ1v) is 9.49. The van der Waals surface area contributed by atoms with Crippen molar-refractivity contribution in [2.24, 2.45) is 5.73 Å². The number of nitrogens with two attached hydrogens (primary N) is 2. The Morgan fingerprint density at radius 3 is 2.50 bits per heavy atom. The Bertz CT molecular complexity index is 1180. The summed E-state index contributed by atoms with van der Waals surface area (Å²) >= 11 is 6.21. The second-order valence-corrected chi connectivity index (χ2v) is 7.13. The SMILES string of the molecule is Cc1ccc(Cl)c(C(N)Oc2cc(-c3ccc(-c4ccno4)cc3)cnc2N)c1O. The van der Waals surface area contributed by atoms with E-state index in [2.05, 4.69) is 10.1 Å². The number of hydrogen-bond acceptors (Lipinski definition) is 7. The minimum Gasteiger partial charge on any atom is -0.507 e. The maximum Gasteiger partial charge on any atom is 0.179 e. The monoisotopic (exact) mass is 422 g/mol. The summed E-state index contributed by atoms with van der Waals surface area (Å²) in [7, 11) is 0. The predicted molar refractivity (Wildman–Crippen MR) is 115 cm³/mol. The topological polar surface area (TPSA) is 120 Å². The molecule has 2 aromatic heterocycles. The van der Waals surface area contributed by atoms with Gasteiger partial charge in [-0.1, -0.05) is 47.1 Å². The van der Waals surface area contributed by atoms with Gasteiger partial charge in [-0.25, -0.2) is 4.98 Å². The third-order valence-corrected chi connectivity index (χ3v) is 5.06. The zero-order valence-corrected chi connectivity index (χ0v) is 16.8. The number of halogens is 1. The van der Waals surface area contributed by atoms with Gasteiger partial charge in [-0.15, -0.1) is 0 Å². The minimum atomic E-state index is -1.02. The molecule has 4 aromatic rings. The molecule has 0 amide bonds. The molecule has 0 saturated heterocycles. The summed E-state index contributed by atoms with van der Waals surface area (Å²) in [5.41, 5.74) is 15.7. The summed E-state index contributed by atoms with van der Waals surface area (Å²) in [6.45, 7) is 1.75. The van der Waals surface area contributed by atoms with E-state index < -0.39 is 6.23 Å². The summed E-state index contributed by atoms with van der Waals surface area (Å²) in [4.78, 5) is 4.21. The lowest BCUT2D eigenvalue weighted by molar-refractivity contribution is 0.210. The number of anilines is 1. The van der Waals surface area contributed by atoms with Gasteiger partial charge in [0, 0.05) is 23.4 Å². The van der Waals surface area contributed by atoms with E-state index in [1.807, 2.05) is 24.3 Å². The molecule has 5 N–H and O–H groups in total. The van der Waals surface area contributed by atoms with E-state index in [0.29, 0.717) is 16.3 Å². The van der Waals surface area contributed by atoms with Crippen molar-refractivity contribution in [3.63, 3.8) is 0 Å². The van der Waals surface area contributed by atoms with Gasteiger partial charge in [-0.2, -0.15) is 0 Å². The van der Waals surface area contributed by atoms with Crippen LogP contribution in [-0.4, -0.2) is 15.2 Å². The van der Waals surface area contributed by atoms with E-state index in [1.165, 1.54) is 0 Å². The van der Waals surface area contributed by atoms with Crippen LogP contribution in [0.1, 0.15) is 17.4 Å². The van der Waals surface area contributed by atoms with Gasteiger partial charge >= 0.3 is 0 Å². The van der Waals surface area contributed by atoms with Crippen LogP contribution in [0.25, 0.3) is 22.5 Å². The van der Waals surface area contributed by atoms with E-state index in [1.54, 1.807) is 43.6 Å². The Morgan fingerprint density at radius 2 is 1.80 bits per heavy atom.